The van der Waals surface area contributed by atoms with Crippen LogP contribution in [0.25, 0.3) is 12.2 Å². The Morgan fingerprint density at radius 1 is 0.720 bits per heavy atom. The van der Waals surface area contributed by atoms with Gasteiger partial charge in [-0.2, -0.15) is 0 Å². The molecule has 0 radical (unpaired) electrons. The van der Waals surface area contributed by atoms with Crippen LogP contribution in [0.1, 0.15) is 18.1 Å². The van der Waals surface area contributed by atoms with Crippen LogP contribution in [0.15, 0.2) is 97.1 Å². The van der Waals surface area contributed by atoms with Gasteiger partial charge in [0.25, 0.3) is 0 Å². The maximum Gasteiger partial charge on any atom is 0.0436 e. The van der Waals surface area contributed by atoms with Crippen molar-refractivity contribution in [3.63, 3.8) is 0 Å². The topological polar surface area (TPSA) is 3.24 Å². The Labute approximate surface area is 150 Å². The minimum atomic E-state index is 0.809. The molecule has 0 spiro atoms. The average molecular weight is 325 g/mol. The molecule has 0 bridgehead atoms. The largest absolute Gasteiger partial charge is 0.337 e. The van der Waals surface area contributed by atoms with Crippen LogP contribution in [0.5, 0.6) is 0 Å². The lowest BCUT2D eigenvalue weighted by Gasteiger charge is -2.25. The van der Waals surface area contributed by atoms with Crippen molar-refractivity contribution < 1.29 is 0 Å². The van der Waals surface area contributed by atoms with Gasteiger partial charge in [-0.05, 0) is 42.3 Å². The van der Waals surface area contributed by atoms with Crippen LogP contribution in [0, 0.1) is 0 Å². The van der Waals surface area contributed by atoms with Gasteiger partial charge >= 0.3 is 0 Å². The highest BCUT2D eigenvalue weighted by atomic mass is 15.1. The maximum atomic E-state index is 4.07. The summed E-state index contributed by atoms with van der Waals surface area (Å²) in [4.78, 5) is 2.28. The van der Waals surface area contributed by atoms with Crippen molar-refractivity contribution >= 4 is 23.5 Å². The second-order valence-corrected chi connectivity index (χ2v) is 6.21. The molecule has 3 aromatic carbocycles. The van der Waals surface area contributed by atoms with E-state index in [9.17, 15) is 0 Å². The molecule has 0 heterocycles. The quantitative estimate of drug-likeness (QED) is 0.366. The Bertz CT molecular complexity index is 830. The van der Waals surface area contributed by atoms with Crippen molar-refractivity contribution in [3.8, 4) is 0 Å². The number of anilines is 2. The zero-order valence-corrected chi connectivity index (χ0v) is 14.6. The first-order valence-corrected chi connectivity index (χ1v) is 8.52. The Morgan fingerprint density at radius 3 is 1.76 bits per heavy atom. The second-order valence-electron chi connectivity index (χ2n) is 6.21. The number of hydrogen-bond donors (Lipinski definition) is 0. The first-order valence-electron chi connectivity index (χ1n) is 8.52. The van der Waals surface area contributed by atoms with Crippen LogP contribution in [0.4, 0.5) is 11.4 Å². The fraction of sp³-hybridized carbons (Fsp3) is 0.0833. The fourth-order valence-corrected chi connectivity index (χ4v) is 2.73. The number of nitrogens with zero attached hydrogens (tertiary/aromatic N) is 1. The summed E-state index contributed by atoms with van der Waals surface area (Å²) in [6.45, 7) is 6.94. The van der Waals surface area contributed by atoms with Crippen molar-refractivity contribution in [2.75, 3.05) is 11.4 Å². The van der Waals surface area contributed by atoms with E-state index >= 15 is 0 Å². The van der Waals surface area contributed by atoms with Gasteiger partial charge in [0.05, 0.1) is 0 Å². The summed E-state index contributed by atoms with van der Waals surface area (Å²) >= 11 is 0. The van der Waals surface area contributed by atoms with Gasteiger partial charge in [0.1, 0.15) is 0 Å². The van der Waals surface area contributed by atoms with Gasteiger partial charge in [0.15, 0.2) is 0 Å². The molecule has 0 aliphatic rings. The molecule has 3 rings (SSSR count). The van der Waals surface area contributed by atoms with Gasteiger partial charge in [-0.1, -0.05) is 85.0 Å². The average Bonchev–Trinajstić information content (AvgIpc) is 2.66. The molecular formula is C24H23N. The van der Waals surface area contributed by atoms with Crippen molar-refractivity contribution in [2.24, 2.45) is 0 Å². The molecule has 0 N–H and O–H groups in total. The molecule has 0 aromatic heterocycles. The molecule has 0 unspecified atom stereocenters. The lowest BCUT2D eigenvalue weighted by Crippen LogP contribution is -2.18. The van der Waals surface area contributed by atoms with Crippen LogP contribution >= 0.6 is 0 Å². The Kier molecular flexibility index (Phi) is 5.48. The summed E-state index contributed by atoms with van der Waals surface area (Å²) in [5.41, 5.74) is 5.89. The molecule has 0 aliphatic heterocycles. The van der Waals surface area contributed by atoms with Gasteiger partial charge in [-0.15, -0.1) is 0 Å². The van der Waals surface area contributed by atoms with E-state index in [2.05, 4.69) is 103 Å². The molecule has 25 heavy (non-hydrogen) atoms. The fourth-order valence-electron chi connectivity index (χ4n) is 2.73. The van der Waals surface area contributed by atoms with E-state index in [1.54, 1.807) is 0 Å². The van der Waals surface area contributed by atoms with E-state index in [0.29, 0.717) is 0 Å². The van der Waals surface area contributed by atoms with Gasteiger partial charge in [-0.25, -0.2) is 0 Å². The number of hydrogen-bond acceptors (Lipinski definition) is 1. The third-order valence-corrected chi connectivity index (χ3v) is 3.97. The summed E-state index contributed by atoms with van der Waals surface area (Å²) in [7, 11) is 0. The molecule has 0 atom stereocenters. The van der Waals surface area contributed by atoms with Gasteiger partial charge in [0, 0.05) is 17.9 Å². The van der Waals surface area contributed by atoms with Crippen molar-refractivity contribution in [1.29, 1.82) is 0 Å². The van der Waals surface area contributed by atoms with Crippen LogP contribution in [-0.4, -0.2) is 6.54 Å². The molecule has 1 heteroatoms. The van der Waals surface area contributed by atoms with Crippen molar-refractivity contribution in [3.05, 3.63) is 108 Å². The summed E-state index contributed by atoms with van der Waals surface area (Å²) in [6.07, 6.45) is 4.28. The molecule has 1 nitrogen and oxygen atoms in total. The normalized spacial score (nSPS) is 10.8. The standard InChI is InChI=1S/C24H23N/c1-20(2)19-25(23-11-7-4-8-12-23)24-17-15-22(16-18-24)14-13-21-9-5-3-6-10-21/h3-18H,1,19H2,2H3. The minimum absolute atomic E-state index is 0.809. The van der Waals surface area contributed by atoms with Crippen LogP contribution in [0.2, 0.25) is 0 Å². The first-order chi connectivity index (χ1) is 12.2. The zero-order chi connectivity index (χ0) is 17.5. The zero-order valence-electron chi connectivity index (χ0n) is 14.6. The predicted molar refractivity (Wildman–Crippen MR) is 110 cm³/mol. The minimum Gasteiger partial charge on any atom is -0.337 e. The molecule has 0 aliphatic carbocycles. The first kappa shape index (κ1) is 16.8. The predicted octanol–water partition coefficient (Wildman–Crippen LogP) is 6.57. The summed E-state index contributed by atoms with van der Waals surface area (Å²) < 4.78 is 0. The highest BCUT2D eigenvalue weighted by molar-refractivity contribution is 5.72. The second kappa shape index (κ2) is 8.16. The highest BCUT2D eigenvalue weighted by Crippen LogP contribution is 2.26. The molecule has 0 amide bonds. The summed E-state index contributed by atoms with van der Waals surface area (Å²) in [5, 5.41) is 0. The lowest BCUT2D eigenvalue weighted by molar-refractivity contribution is 1.04. The molecule has 0 fully saturated rings. The highest BCUT2D eigenvalue weighted by Gasteiger charge is 2.08. The van der Waals surface area contributed by atoms with E-state index in [1.165, 1.54) is 22.5 Å². The summed E-state index contributed by atoms with van der Waals surface area (Å²) in [6, 6.07) is 29.4. The SMILES string of the molecule is C=C(C)CN(c1ccccc1)c1ccc(C=Cc2ccccc2)cc1. The van der Waals surface area contributed by atoms with Crippen LogP contribution < -0.4 is 4.90 Å². The Hall–Kier alpha value is -3.06. The molecule has 0 saturated heterocycles. The Balaban J connectivity index is 1.81. The Morgan fingerprint density at radius 2 is 1.20 bits per heavy atom. The van der Waals surface area contributed by atoms with Crippen molar-refractivity contribution in [1.82, 2.24) is 0 Å². The van der Waals surface area contributed by atoms with E-state index in [4.69, 9.17) is 0 Å². The smallest absolute Gasteiger partial charge is 0.0436 e. The number of benzene rings is 3. The van der Waals surface area contributed by atoms with Gasteiger partial charge < -0.3 is 4.90 Å². The van der Waals surface area contributed by atoms with E-state index < -0.39 is 0 Å². The van der Waals surface area contributed by atoms with Crippen molar-refractivity contribution in [2.45, 2.75) is 6.92 Å². The number of para-hydroxylation sites is 1. The van der Waals surface area contributed by atoms with E-state index in [-0.39, 0.29) is 0 Å². The van der Waals surface area contributed by atoms with Gasteiger partial charge in [-0.3, -0.25) is 0 Å². The molecule has 124 valence electrons. The third-order valence-electron chi connectivity index (χ3n) is 3.97. The molecule has 3 aromatic rings. The van der Waals surface area contributed by atoms with E-state index in [0.717, 1.165) is 12.1 Å². The molecular weight excluding hydrogens is 302 g/mol. The summed E-state index contributed by atoms with van der Waals surface area (Å²) in [5.74, 6) is 0. The monoisotopic (exact) mass is 325 g/mol. The number of rotatable bonds is 6. The third kappa shape index (κ3) is 4.71. The lowest BCUT2D eigenvalue weighted by atomic mass is 10.1. The van der Waals surface area contributed by atoms with Crippen LogP contribution in [0.3, 0.4) is 0 Å². The molecule has 0 saturated carbocycles. The van der Waals surface area contributed by atoms with E-state index in [1.807, 2.05) is 12.1 Å². The van der Waals surface area contributed by atoms with Crippen LogP contribution in [-0.2, 0) is 0 Å². The maximum absolute atomic E-state index is 4.07. The van der Waals surface area contributed by atoms with Gasteiger partial charge in [0.2, 0.25) is 0 Å².